The van der Waals surface area contributed by atoms with Crippen LogP contribution in [0.25, 0.3) is 0 Å². The van der Waals surface area contributed by atoms with Gasteiger partial charge < -0.3 is 5.32 Å². The van der Waals surface area contributed by atoms with Crippen molar-refractivity contribution in [3.05, 3.63) is 61.8 Å². The number of nitrogens with zero attached hydrogens (tertiary/aromatic N) is 1. The van der Waals surface area contributed by atoms with Crippen LogP contribution in [0, 0.1) is 11.6 Å². The molecular formula is C14H11BrCl2F2N2. The minimum Gasteiger partial charge on any atom is -0.311 e. The number of benzene rings is 1. The van der Waals surface area contributed by atoms with Gasteiger partial charge in [-0.05, 0) is 47.6 Å². The van der Waals surface area contributed by atoms with Crippen molar-refractivity contribution >= 4 is 39.1 Å². The molecule has 0 fully saturated rings. The van der Waals surface area contributed by atoms with Gasteiger partial charge >= 0.3 is 0 Å². The van der Waals surface area contributed by atoms with E-state index < -0.39 is 17.7 Å². The Morgan fingerprint density at radius 3 is 2.67 bits per heavy atom. The van der Waals surface area contributed by atoms with Crippen LogP contribution < -0.4 is 5.32 Å². The molecule has 2 nitrogen and oxygen atoms in total. The average Bonchev–Trinajstić information content (AvgIpc) is 2.44. The number of pyridine rings is 1. The van der Waals surface area contributed by atoms with Crippen LogP contribution in [0.5, 0.6) is 0 Å². The third-order valence-corrected chi connectivity index (χ3v) is 4.18. The first-order valence-corrected chi connectivity index (χ1v) is 7.59. The molecule has 0 bridgehead atoms. The van der Waals surface area contributed by atoms with E-state index in [1.54, 1.807) is 13.1 Å². The van der Waals surface area contributed by atoms with E-state index in [2.05, 4.69) is 26.2 Å². The van der Waals surface area contributed by atoms with E-state index in [4.69, 9.17) is 23.2 Å². The molecule has 0 saturated carbocycles. The van der Waals surface area contributed by atoms with Crippen LogP contribution in [0.3, 0.4) is 0 Å². The minimum absolute atomic E-state index is 0.0310. The lowest BCUT2D eigenvalue weighted by Gasteiger charge is -2.18. The molecule has 0 spiro atoms. The first-order chi connectivity index (χ1) is 9.93. The minimum atomic E-state index is -0.625. The fraction of sp³-hybridized carbons (Fsp3) is 0.214. The topological polar surface area (TPSA) is 24.9 Å². The normalized spacial score (nSPS) is 12.5. The summed E-state index contributed by atoms with van der Waals surface area (Å²) in [5.41, 5.74) is 0.457. The Balaban J connectivity index is 2.38. The summed E-state index contributed by atoms with van der Waals surface area (Å²) >= 11 is 15.0. The van der Waals surface area contributed by atoms with Gasteiger partial charge in [-0.2, -0.15) is 0 Å². The van der Waals surface area contributed by atoms with E-state index in [9.17, 15) is 8.78 Å². The van der Waals surface area contributed by atoms with Crippen molar-refractivity contribution in [2.24, 2.45) is 0 Å². The predicted octanol–water partition coefficient (Wildman–Crippen LogP) is 4.93. The van der Waals surface area contributed by atoms with Gasteiger partial charge in [-0.3, -0.25) is 4.98 Å². The molecule has 1 aromatic carbocycles. The molecule has 112 valence electrons. The number of aromatic nitrogens is 1. The van der Waals surface area contributed by atoms with E-state index in [1.807, 2.05) is 0 Å². The van der Waals surface area contributed by atoms with Crippen molar-refractivity contribution in [1.29, 1.82) is 0 Å². The van der Waals surface area contributed by atoms with Gasteiger partial charge in [0.25, 0.3) is 0 Å². The third-order valence-electron chi connectivity index (χ3n) is 3.06. The standard InChI is InChI=1S/C14H11BrCl2F2N2/c1-20-12(14-10(17)4-7(16)6-21-14)5-8-11(18)3-2-9(15)13(8)19/h2-4,6,12,20H,5H2,1H3. The molecule has 0 saturated heterocycles. The largest absolute Gasteiger partial charge is 0.311 e. The third kappa shape index (κ3) is 3.72. The summed E-state index contributed by atoms with van der Waals surface area (Å²) in [7, 11) is 1.67. The Labute approximate surface area is 139 Å². The van der Waals surface area contributed by atoms with E-state index in [0.29, 0.717) is 15.7 Å². The zero-order valence-electron chi connectivity index (χ0n) is 10.9. The van der Waals surface area contributed by atoms with Gasteiger partial charge in [0.15, 0.2) is 0 Å². The van der Waals surface area contributed by atoms with Gasteiger partial charge in [-0.15, -0.1) is 0 Å². The Hall–Kier alpha value is -0.750. The molecule has 1 aromatic heterocycles. The van der Waals surface area contributed by atoms with Crippen molar-refractivity contribution in [3.63, 3.8) is 0 Å². The number of halogens is 5. The maximum atomic E-state index is 14.1. The molecule has 1 unspecified atom stereocenters. The second-order valence-electron chi connectivity index (χ2n) is 4.39. The number of likely N-dealkylation sites (N-methyl/N-ethyl adjacent to an activating group) is 1. The van der Waals surface area contributed by atoms with Crippen LogP contribution in [0.2, 0.25) is 10.0 Å². The van der Waals surface area contributed by atoms with Gasteiger partial charge in [0.1, 0.15) is 11.6 Å². The predicted molar refractivity (Wildman–Crippen MR) is 83.8 cm³/mol. The number of hydrogen-bond acceptors (Lipinski definition) is 2. The maximum absolute atomic E-state index is 14.1. The Morgan fingerprint density at radius 1 is 1.33 bits per heavy atom. The quantitative estimate of drug-likeness (QED) is 0.742. The summed E-state index contributed by atoms with van der Waals surface area (Å²) in [5, 5.41) is 3.71. The highest BCUT2D eigenvalue weighted by atomic mass is 79.9. The zero-order chi connectivity index (χ0) is 15.6. The SMILES string of the molecule is CNC(Cc1c(F)ccc(Br)c1F)c1ncc(Cl)cc1Cl. The van der Waals surface area contributed by atoms with Crippen LogP contribution in [-0.4, -0.2) is 12.0 Å². The zero-order valence-corrected chi connectivity index (χ0v) is 14.0. The molecule has 0 aliphatic heterocycles. The Kier molecular flexibility index (Phi) is 5.54. The fourth-order valence-electron chi connectivity index (χ4n) is 1.98. The fourth-order valence-corrected chi connectivity index (χ4v) is 2.86. The van der Waals surface area contributed by atoms with Crippen molar-refractivity contribution in [2.75, 3.05) is 7.05 Å². The van der Waals surface area contributed by atoms with Crippen LogP contribution in [0.15, 0.2) is 28.9 Å². The lowest BCUT2D eigenvalue weighted by Crippen LogP contribution is -2.21. The lowest BCUT2D eigenvalue weighted by atomic mass is 10.0. The molecule has 21 heavy (non-hydrogen) atoms. The smallest absolute Gasteiger partial charge is 0.143 e. The van der Waals surface area contributed by atoms with Crippen LogP contribution in [0.4, 0.5) is 8.78 Å². The summed E-state index contributed by atoms with van der Waals surface area (Å²) < 4.78 is 28.1. The summed E-state index contributed by atoms with van der Waals surface area (Å²) in [6.45, 7) is 0. The molecule has 2 aromatic rings. The van der Waals surface area contributed by atoms with Crippen LogP contribution in [0.1, 0.15) is 17.3 Å². The molecule has 0 aliphatic rings. The highest BCUT2D eigenvalue weighted by Crippen LogP contribution is 2.29. The van der Waals surface area contributed by atoms with E-state index in [0.717, 1.165) is 0 Å². The first kappa shape index (κ1) is 16.6. The molecule has 1 heterocycles. The maximum Gasteiger partial charge on any atom is 0.143 e. The molecular weight excluding hydrogens is 385 g/mol. The number of rotatable bonds is 4. The van der Waals surface area contributed by atoms with E-state index in [1.165, 1.54) is 18.3 Å². The van der Waals surface area contributed by atoms with Gasteiger partial charge in [0.05, 0.1) is 26.3 Å². The Morgan fingerprint density at radius 2 is 2.05 bits per heavy atom. The molecule has 0 aliphatic carbocycles. The highest BCUT2D eigenvalue weighted by Gasteiger charge is 2.21. The summed E-state index contributed by atoms with van der Waals surface area (Å²) in [6, 6.07) is 3.65. The summed E-state index contributed by atoms with van der Waals surface area (Å²) in [4.78, 5) is 4.14. The number of hydrogen-bond donors (Lipinski definition) is 1. The second kappa shape index (κ2) is 7.01. The van der Waals surface area contributed by atoms with Crippen molar-refractivity contribution in [1.82, 2.24) is 10.3 Å². The van der Waals surface area contributed by atoms with Crippen LogP contribution in [-0.2, 0) is 6.42 Å². The summed E-state index contributed by atoms with van der Waals surface area (Å²) in [5.74, 6) is -1.23. The van der Waals surface area contributed by atoms with Crippen molar-refractivity contribution in [2.45, 2.75) is 12.5 Å². The lowest BCUT2D eigenvalue weighted by molar-refractivity contribution is 0.507. The first-order valence-electron chi connectivity index (χ1n) is 6.04. The number of nitrogens with one attached hydrogen (secondary N) is 1. The molecule has 0 radical (unpaired) electrons. The second-order valence-corrected chi connectivity index (χ2v) is 6.09. The molecule has 7 heteroatoms. The van der Waals surface area contributed by atoms with Crippen molar-refractivity contribution < 1.29 is 8.78 Å². The van der Waals surface area contributed by atoms with Crippen LogP contribution >= 0.6 is 39.1 Å². The van der Waals surface area contributed by atoms with Gasteiger partial charge in [-0.1, -0.05) is 23.2 Å². The Bertz CT molecular complexity index is 668. The van der Waals surface area contributed by atoms with Gasteiger partial charge in [0.2, 0.25) is 0 Å². The monoisotopic (exact) mass is 394 g/mol. The average molecular weight is 396 g/mol. The van der Waals surface area contributed by atoms with Crippen molar-refractivity contribution in [3.8, 4) is 0 Å². The van der Waals surface area contributed by atoms with Gasteiger partial charge in [0, 0.05) is 11.8 Å². The van der Waals surface area contributed by atoms with E-state index >= 15 is 0 Å². The molecule has 1 N–H and O–H groups in total. The molecule has 1 atom stereocenters. The molecule has 2 rings (SSSR count). The highest BCUT2D eigenvalue weighted by molar-refractivity contribution is 9.10. The molecule has 0 amide bonds. The van der Waals surface area contributed by atoms with E-state index in [-0.39, 0.29) is 16.5 Å². The van der Waals surface area contributed by atoms with Gasteiger partial charge in [-0.25, -0.2) is 8.78 Å². The summed E-state index contributed by atoms with van der Waals surface area (Å²) in [6.07, 6.45) is 1.52.